The molecule has 0 bridgehead atoms. The number of aromatic nitrogens is 1. The van der Waals surface area contributed by atoms with Crippen molar-refractivity contribution in [2.24, 2.45) is 4.99 Å². The molecule has 0 radical (unpaired) electrons. The molecule has 7 heteroatoms. The molecule has 0 unspecified atom stereocenters. The third-order valence-electron chi connectivity index (χ3n) is 3.70. The second-order valence-electron chi connectivity index (χ2n) is 5.62. The highest BCUT2D eigenvalue weighted by Crippen LogP contribution is 2.22. The molecule has 1 aromatic heterocycles. The molecule has 0 spiro atoms. The van der Waals surface area contributed by atoms with Crippen molar-refractivity contribution in [1.29, 1.82) is 0 Å². The second-order valence-corrected chi connectivity index (χ2v) is 6.97. The van der Waals surface area contributed by atoms with E-state index in [9.17, 15) is 0 Å². The average Bonchev–Trinajstić information content (AvgIpc) is 3.03. The van der Waals surface area contributed by atoms with Crippen LogP contribution in [-0.2, 0) is 12.8 Å². The molecule has 136 valence electrons. The van der Waals surface area contributed by atoms with Crippen LogP contribution in [0.25, 0.3) is 0 Å². The number of thiazole rings is 1. The first-order valence-corrected chi connectivity index (χ1v) is 9.56. The zero-order chi connectivity index (χ0) is 18.1. The molecule has 0 fully saturated rings. The Kier molecular flexibility index (Phi) is 8.01. The number of hydrogen-bond donors (Lipinski definition) is 2. The molecule has 0 aliphatic carbocycles. The number of nitrogens with zero attached hydrogens (tertiary/aromatic N) is 2. The van der Waals surface area contributed by atoms with Gasteiger partial charge in [0.2, 0.25) is 0 Å². The smallest absolute Gasteiger partial charge is 0.190 e. The van der Waals surface area contributed by atoms with Crippen molar-refractivity contribution < 1.29 is 4.74 Å². The van der Waals surface area contributed by atoms with E-state index in [0.29, 0.717) is 0 Å². The summed E-state index contributed by atoms with van der Waals surface area (Å²) >= 11 is 7.98. The lowest BCUT2D eigenvalue weighted by Gasteiger charge is -2.12. The van der Waals surface area contributed by atoms with Crippen LogP contribution in [0.3, 0.4) is 0 Å². The number of halogens is 1. The third-order valence-corrected chi connectivity index (χ3v) is 5.08. The van der Waals surface area contributed by atoms with Crippen molar-refractivity contribution in [1.82, 2.24) is 15.6 Å². The van der Waals surface area contributed by atoms with Crippen LogP contribution in [0.5, 0.6) is 5.75 Å². The summed E-state index contributed by atoms with van der Waals surface area (Å²) in [5.74, 6) is 1.58. The minimum atomic E-state index is 0.725. The third kappa shape index (κ3) is 6.55. The SMILES string of the molecule is CN=C(NCCCc1nc(C)cs1)NCCc1ccc(OC)cc1Cl. The van der Waals surface area contributed by atoms with E-state index in [1.54, 1.807) is 25.5 Å². The molecule has 2 aromatic rings. The summed E-state index contributed by atoms with van der Waals surface area (Å²) < 4.78 is 5.17. The number of benzene rings is 1. The maximum absolute atomic E-state index is 6.26. The van der Waals surface area contributed by atoms with Gasteiger partial charge in [0.05, 0.1) is 12.1 Å². The first kappa shape index (κ1) is 19.5. The molecular formula is C18H25ClN4OS. The van der Waals surface area contributed by atoms with Gasteiger partial charge < -0.3 is 15.4 Å². The van der Waals surface area contributed by atoms with E-state index in [1.807, 2.05) is 25.1 Å². The van der Waals surface area contributed by atoms with Crippen molar-refractivity contribution in [3.8, 4) is 5.75 Å². The first-order valence-electron chi connectivity index (χ1n) is 8.30. The van der Waals surface area contributed by atoms with E-state index < -0.39 is 0 Å². The Morgan fingerprint density at radius 2 is 2.08 bits per heavy atom. The van der Waals surface area contributed by atoms with Crippen molar-refractivity contribution in [2.45, 2.75) is 26.2 Å². The summed E-state index contributed by atoms with van der Waals surface area (Å²) in [4.78, 5) is 8.72. The maximum atomic E-state index is 6.26. The van der Waals surface area contributed by atoms with Gasteiger partial charge in [-0.15, -0.1) is 11.3 Å². The highest BCUT2D eigenvalue weighted by atomic mass is 35.5. The van der Waals surface area contributed by atoms with Crippen LogP contribution < -0.4 is 15.4 Å². The van der Waals surface area contributed by atoms with Gasteiger partial charge in [-0.2, -0.15) is 0 Å². The zero-order valence-corrected chi connectivity index (χ0v) is 16.5. The normalized spacial score (nSPS) is 11.4. The van der Waals surface area contributed by atoms with Crippen LogP contribution >= 0.6 is 22.9 Å². The van der Waals surface area contributed by atoms with E-state index >= 15 is 0 Å². The molecule has 5 nitrogen and oxygen atoms in total. The molecular weight excluding hydrogens is 356 g/mol. The van der Waals surface area contributed by atoms with Gasteiger partial charge in [0.25, 0.3) is 0 Å². The number of ether oxygens (including phenoxy) is 1. The number of guanidine groups is 1. The van der Waals surface area contributed by atoms with Crippen LogP contribution in [0.1, 0.15) is 22.7 Å². The Hall–Kier alpha value is -1.79. The lowest BCUT2D eigenvalue weighted by molar-refractivity contribution is 0.414. The Morgan fingerprint density at radius 3 is 2.72 bits per heavy atom. The van der Waals surface area contributed by atoms with Gasteiger partial charge >= 0.3 is 0 Å². The Bertz CT molecular complexity index is 702. The molecule has 0 saturated carbocycles. The summed E-state index contributed by atoms with van der Waals surface area (Å²) in [5, 5.41) is 10.6. The number of rotatable bonds is 8. The molecule has 2 rings (SSSR count). The first-order chi connectivity index (χ1) is 12.1. The Balaban J connectivity index is 1.68. The minimum absolute atomic E-state index is 0.725. The number of nitrogens with one attached hydrogen (secondary N) is 2. The topological polar surface area (TPSA) is 58.5 Å². The zero-order valence-electron chi connectivity index (χ0n) is 14.9. The lowest BCUT2D eigenvalue weighted by Crippen LogP contribution is -2.38. The van der Waals surface area contributed by atoms with Gasteiger partial charge in [0, 0.05) is 42.7 Å². The largest absolute Gasteiger partial charge is 0.497 e. The van der Waals surface area contributed by atoms with Gasteiger partial charge in [-0.25, -0.2) is 4.98 Å². The summed E-state index contributed by atoms with van der Waals surface area (Å²) in [6, 6.07) is 5.76. The molecule has 0 aliphatic rings. The van der Waals surface area contributed by atoms with E-state index in [1.165, 1.54) is 5.01 Å². The van der Waals surface area contributed by atoms with Crippen LogP contribution in [0, 0.1) is 6.92 Å². The fourth-order valence-corrected chi connectivity index (χ4v) is 3.44. The fourth-order valence-electron chi connectivity index (χ4n) is 2.36. The van der Waals surface area contributed by atoms with Crippen LogP contribution in [0.15, 0.2) is 28.6 Å². The predicted octanol–water partition coefficient (Wildman–Crippen LogP) is 3.45. The van der Waals surface area contributed by atoms with E-state index in [0.717, 1.165) is 60.3 Å². The summed E-state index contributed by atoms with van der Waals surface area (Å²) in [6.07, 6.45) is 2.84. The van der Waals surface area contributed by atoms with Crippen LogP contribution in [0.2, 0.25) is 5.02 Å². The minimum Gasteiger partial charge on any atom is -0.497 e. The monoisotopic (exact) mass is 380 g/mol. The number of aryl methyl sites for hydroxylation is 2. The van der Waals surface area contributed by atoms with Crippen molar-refractivity contribution >= 4 is 28.9 Å². The number of hydrogen-bond acceptors (Lipinski definition) is 4. The van der Waals surface area contributed by atoms with Crippen molar-refractivity contribution in [2.75, 3.05) is 27.2 Å². The lowest BCUT2D eigenvalue weighted by atomic mass is 10.1. The van der Waals surface area contributed by atoms with E-state index in [2.05, 4.69) is 26.0 Å². The van der Waals surface area contributed by atoms with Gasteiger partial charge in [-0.05, 0) is 37.5 Å². The molecule has 25 heavy (non-hydrogen) atoms. The standard InChI is InChI=1S/C18H25ClN4OS/c1-13-12-25-17(23-13)5-4-9-21-18(20-2)22-10-8-14-6-7-15(24-3)11-16(14)19/h6-7,11-12H,4-5,8-10H2,1-3H3,(H2,20,21,22). The highest BCUT2D eigenvalue weighted by Gasteiger charge is 2.04. The number of aliphatic imine (C=N–C) groups is 1. The summed E-state index contributed by atoms with van der Waals surface area (Å²) in [5.41, 5.74) is 2.19. The average molecular weight is 381 g/mol. The molecule has 2 N–H and O–H groups in total. The second kappa shape index (κ2) is 10.3. The van der Waals surface area contributed by atoms with Crippen molar-refractivity contribution in [3.63, 3.8) is 0 Å². The molecule has 1 heterocycles. The van der Waals surface area contributed by atoms with Crippen molar-refractivity contribution in [3.05, 3.63) is 44.9 Å². The van der Waals surface area contributed by atoms with Gasteiger partial charge in [0.15, 0.2) is 5.96 Å². The van der Waals surface area contributed by atoms with Crippen LogP contribution in [-0.4, -0.2) is 38.2 Å². The van der Waals surface area contributed by atoms with E-state index in [4.69, 9.17) is 16.3 Å². The van der Waals surface area contributed by atoms with Gasteiger partial charge in [-0.1, -0.05) is 17.7 Å². The highest BCUT2D eigenvalue weighted by molar-refractivity contribution is 7.09. The van der Waals surface area contributed by atoms with Gasteiger partial charge in [-0.3, -0.25) is 4.99 Å². The maximum Gasteiger partial charge on any atom is 0.190 e. The van der Waals surface area contributed by atoms with Gasteiger partial charge in [0.1, 0.15) is 5.75 Å². The molecule has 0 saturated heterocycles. The Morgan fingerprint density at radius 1 is 1.28 bits per heavy atom. The Labute approximate surface area is 158 Å². The molecule has 1 aromatic carbocycles. The van der Waals surface area contributed by atoms with Crippen LogP contribution in [0.4, 0.5) is 0 Å². The van der Waals surface area contributed by atoms with E-state index in [-0.39, 0.29) is 0 Å². The molecule has 0 aliphatic heterocycles. The molecule has 0 atom stereocenters. The summed E-state index contributed by atoms with van der Waals surface area (Å²) in [7, 11) is 3.41. The predicted molar refractivity (Wildman–Crippen MR) is 106 cm³/mol. The summed E-state index contributed by atoms with van der Waals surface area (Å²) in [6.45, 7) is 3.65. The quantitative estimate of drug-likeness (QED) is 0.418. The fraction of sp³-hybridized carbons (Fsp3) is 0.444. The number of methoxy groups -OCH3 is 1. The molecule has 0 amide bonds.